The molecule has 0 heterocycles. The molecule has 1 aliphatic carbocycles. The van der Waals surface area contributed by atoms with Gasteiger partial charge in [0.1, 0.15) is 0 Å². The van der Waals surface area contributed by atoms with Crippen LogP contribution in [0.5, 0.6) is 0 Å². The summed E-state index contributed by atoms with van der Waals surface area (Å²) in [6, 6.07) is 3.40. The van der Waals surface area contributed by atoms with E-state index >= 15 is 0 Å². The highest BCUT2D eigenvalue weighted by Gasteiger charge is 2.31. The van der Waals surface area contributed by atoms with E-state index in [4.69, 9.17) is 33.1 Å². The second-order valence-electron chi connectivity index (χ2n) is 4.29. The van der Waals surface area contributed by atoms with Gasteiger partial charge in [-0.25, -0.2) is 0 Å². The molecule has 1 aliphatic rings. The fourth-order valence-electron chi connectivity index (χ4n) is 2.25. The topological polar surface area (TPSA) is 58.9 Å². The maximum atomic E-state index is 11.8. The molecule has 6 heteroatoms. The molecule has 1 aromatic rings. The molecule has 0 fully saturated rings. The van der Waals surface area contributed by atoms with Crippen molar-refractivity contribution in [2.75, 3.05) is 6.61 Å². The molecule has 4 nitrogen and oxygen atoms in total. The summed E-state index contributed by atoms with van der Waals surface area (Å²) in [7, 11) is 0. The Morgan fingerprint density at radius 1 is 1.47 bits per heavy atom. The van der Waals surface area contributed by atoms with Crippen LogP contribution >= 0.6 is 23.2 Å². The van der Waals surface area contributed by atoms with Crippen molar-refractivity contribution in [2.24, 2.45) is 11.1 Å². The summed E-state index contributed by atoms with van der Waals surface area (Å²) in [5, 5.41) is 13.2. The number of hydrogen-bond donors (Lipinski definition) is 1. The van der Waals surface area contributed by atoms with Gasteiger partial charge in [-0.15, -0.1) is 0 Å². The van der Waals surface area contributed by atoms with Gasteiger partial charge in [0.2, 0.25) is 0 Å². The van der Waals surface area contributed by atoms with Crippen LogP contribution in [0, 0.1) is 5.92 Å². The number of halogens is 2. The predicted molar refractivity (Wildman–Crippen MR) is 73.2 cm³/mol. The molecule has 0 aliphatic heterocycles. The molecule has 1 atom stereocenters. The zero-order chi connectivity index (χ0) is 14.0. The van der Waals surface area contributed by atoms with E-state index in [-0.39, 0.29) is 5.97 Å². The predicted octanol–water partition coefficient (Wildman–Crippen LogP) is 3.30. The summed E-state index contributed by atoms with van der Waals surface area (Å²) in [6.07, 6.45) is 0.771. The number of benzene rings is 1. The first-order valence-corrected chi connectivity index (χ1v) is 6.68. The summed E-state index contributed by atoms with van der Waals surface area (Å²) in [4.78, 5) is 11.8. The number of carbonyl (C=O) groups excluding carboxylic acids is 1. The Morgan fingerprint density at radius 2 is 2.21 bits per heavy atom. The SMILES string of the molecule is CCOC(=O)C1C/C(=N\O)c2ccc(Cl)c(Cl)c2C1. The van der Waals surface area contributed by atoms with Gasteiger partial charge in [0.15, 0.2) is 0 Å². The summed E-state index contributed by atoms with van der Waals surface area (Å²) in [5.74, 6) is -0.709. The maximum Gasteiger partial charge on any atom is 0.309 e. The Bertz CT molecular complexity index is 543. The summed E-state index contributed by atoms with van der Waals surface area (Å²) < 4.78 is 5.01. The Labute approximate surface area is 121 Å². The third-order valence-corrected chi connectivity index (χ3v) is 3.98. The van der Waals surface area contributed by atoms with Crippen LogP contribution in [0.15, 0.2) is 17.3 Å². The first kappa shape index (κ1) is 14.2. The molecule has 2 rings (SSSR count). The van der Waals surface area contributed by atoms with Crippen LogP contribution in [0.25, 0.3) is 0 Å². The van der Waals surface area contributed by atoms with Crippen molar-refractivity contribution in [3.05, 3.63) is 33.3 Å². The van der Waals surface area contributed by atoms with Crippen molar-refractivity contribution >= 4 is 34.9 Å². The normalized spacial score (nSPS) is 20.2. The summed E-state index contributed by atoms with van der Waals surface area (Å²) in [6.45, 7) is 2.07. The van der Waals surface area contributed by atoms with Crippen LogP contribution in [0.1, 0.15) is 24.5 Å². The molecule has 0 radical (unpaired) electrons. The van der Waals surface area contributed by atoms with E-state index < -0.39 is 5.92 Å². The van der Waals surface area contributed by atoms with Crippen molar-refractivity contribution in [1.29, 1.82) is 0 Å². The fraction of sp³-hybridized carbons (Fsp3) is 0.385. The molecule has 0 spiro atoms. The molecule has 0 bridgehead atoms. The standard InChI is InChI=1S/C13H13Cl2NO3/c1-2-19-13(17)7-5-9-8(11(6-7)16-18)3-4-10(14)12(9)15/h3-4,7,18H,2,5-6H2,1H3/b16-11+. The number of carbonyl (C=O) groups is 1. The summed E-state index contributed by atoms with van der Waals surface area (Å²) in [5.41, 5.74) is 1.89. The highest BCUT2D eigenvalue weighted by atomic mass is 35.5. The van der Waals surface area contributed by atoms with E-state index in [2.05, 4.69) is 5.16 Å². The number of hydrogen-bond acceptors (Lipinski definition) is 4. The summed E-state index contributed by atoms with van der Waals surface area (Å²) >= 11 is 12.1. The van der Waals surface area contributed by atoms with E-state index in [9.17, 15) is 4.79 Å². The number of fused-ring (bicyclic) bond motifs is 1. The molecule has 1 aromatic carbocycles. The molecule has 19 heavy (non-hydrogen) atoms. The van der Waals surface area contributed by atoms with Crippen molar-refractivity contribution in [3.63, 3.8) is 0 Å². The lowest BCUT2D eigenvalue weighted by molar-refractivity contribution is -0.147. The van der Waals surface area contributed by atoms with Crippen molar-refractivity contribution in [2.45, 2.75) is 19.8 Å². The molecular weight excluding hydrogens is 289 g/mol. The van der Waals surface area contributed by atoms with Gasteiger partial charge in [-0.1, -0.05) is 34.4 Å². The van der Waals surface area contributed by atoms with Crippen LogP contribution in [0.2, 0.25) is 10.0 Å². The van der Waals surface area contributed by atoms with E-state index in [1.807, 2.05) is 0 Å². The zero-order valence-electron chi connectivity index (χ0n) is 10.3. The third-order valence-electron chi connectivity index (χ3n) is 3.14. The highest BCUT2D eigenvalue weighted by Crippen LogP contribution is 2.35. The van der Waals surface area contributed by atoms with E-state index in [1.54, 1.807) is 19.1 Å². The maximum absolute atomic E-state index is 11.8. The van der Waals surface area contributed by atoms with E-state index in [0.29, 0.717) is 35.2 Å². The van der Waals surface area contributed by atoms with Crippen molar-refractivity contribution in [1.82, 2.24) is 0 Å². The lowest BCUT2D eigenvalue weighted by atomic mass is 9.82. The second-order valence-corrected chi connectivity index (χ2v) is 5.08. The molecule has 0 saturated heterocycles. The monoisotopic (exact) mass is 301 g/mol. The first-order valence-electron chi connectivity index (χ1n) is 5.93. The highest BCUT2D eigenvalue weighted by molar-refractivity contribution is 6.43. The van der Waals surface area contributed by atoms with E-state index in [0.717, 1.165) is 11.1 Å². The van der Waals surface area contributed by atoms with Gasteiger partial charge in [-0.2, -0.15) is 0 Å². The van der Waals surface area contributed by atoms with Crippen LogP contribution in [0.3, 0.4) is 0 Å². The average Bonchev–Trinajstić information content (AvgIpc) is 2.42. The van der Waals surface area contributed by atoms with Gasteiger partial charge in [0, 0.05) is 12.0 Å². The van der Waals surface area contributed by atoms with Crippen molar-refractivity contribution in [3.8, 4) is 0 Å². The lowest BCUT2D eigenvalue weighted by Crippen LogP contribution is -2.28. The Balaban J connectivity index is 2.42. The largest absolute Gasteiger partial charge is 0.466 e. The molecule has 102 valence electrons. The van der Waals surface area contributed by atoms with Gasteiger partial charge < -0.3 is 9.94 Å². The second kappa shape index (κ2) is 5.80. The van der Waals surface area contributed by atoms with Gasteiger partial charge in [0.25, 0.3) is 0 Å². The quantitative estimate of drug-likeness (QED) is 0.518. The van der Waals surface area contributed by atoms with Crippen LogP contribution in [-0.2, 0) is 16.0 Å². The fourth-order valence-corrected chi connectivity index (χ4v) is 2.66. The molecule has 0 amide bonds. The molecule has 1 N–H and O–H groups in total. The Kier molecular flexibility index (Phi) is 4.32. The lowest BCUT2D eigenvalue weighted by Gasteiger charge is -2.25. The smallest absolute Gasteiger partial charge is 0.309 e. The molecule has 1 unspecified atom stereocenters. The number of ether oxygens (including phenoxy) is 1. The Hall–Kier alpha value is -1.26. The number of esters is 1. The molecule has 0 saturated carbocycles. The average molecular weight is 302 g/mol. The first-order chi connectivity index (χ1) is 9.08. The van der Waals surface area contributed by atoms with Crippen molar-refractivity contribution < 1.29 is 14.7 Å². The number of oxime groups is 1. The van der Waals surface area contributed by atoms with Gasteiger partial charge in [-0.05, 0) is 25.0 Å². The number of rotatable bonds is 2. The third kappa shape index (κ3) is 2.69. The van der Waals surface area contributed by atoms with E-state index in [1.165, 1.54) is 0 Å². The zero-order valence-corrected chi connectivity index (χ0v) is 11.8. The van der Waals surface area contributed by atoms with Gasteiger partial charge in [0.05, 0.1) is 28.3 Å². The number of nitrogens with zero attached hydrogens (tertiary/aromatic N) is 1. The van der Waals surface area contributed by atoms with Gasteiger partial charge >= 0.3 is 5.97 Å². The molecule has 0 aromatic heterocycles. The van der Waals surface area contributed by atoms with Gasteiger partial charge in [-0.3, -0.25) is 4.79 Å². The minimum atomic E-state index is -0.394. The minimum absolute atomic E-state index is 0.314. The molecular formula is C13H13Cl2NO3. The van der Waals surface area contributed by atoms with Crippen LogP contribution in [0.4, 0.5) is 0 Å². The van der Waals surface area contributed by atoms with Crippen LogP contribution < -0.4 is 0 Å². The Morgan fingerprint density at radius 3 is 2.84 bits per heavy atom. The van der Waals surface area contributed by atoms with Crippen LogP contribution in [-0.4, -0.2) is 23.5 Å². The minimum Gasteiger partial charge on any atom is -0.466 e.